The van der Waals surface area contributed by atoms with Crippen molar-refractivity contribution in [2.24, 2.45) is 23.2 Å². The number of carbonyl (C=O) groups is 1. The van der Waals surface area contributed by atoms with Gasteiger partial charge in [-0.05, 0) is 50.9 Å². The van der Waals surface area contributed by atoms with Gasteiger partial charge in [-0.15, -0.1) is 0 Å². The van der Waals surface area contributed by atoms with E-state index in [9.17, 15) is 4.79 Å². The molecule has 0 N–H and O–H groups in total. The quantitative estimate of drug-likeness (QED) is 0.363. The zero-order valence-electron chi connectivity index (χ0n) is 17.9. The third-order valence-corrected chi connectivity index (χ3v) is 6.71. The molecule has 0 aliphatic heterocycles. The van der Waals surface area contributed by atoms with Gasteiger partial charge in [-0.1, -0.05) is 66.2 Å². The molecule has 2 fully saturated rings. The van der Waals surface area contributed by atoms with E-state index in [1.165, 1.54) is 38.5 Å². The van der Waals surface area contributed by atoms with Crippen molar-refractivity contribution >= 4 is 5.97 Å². The van der Waals surface area contributed by atoms with Crippen LogP contribution in [0.25, 0.3) is 0 Å². The molecule has 0 aromatic carbocycles. The van der Waals surface area contributed by atoms with Gasteiger partial charge in [0.2, 0.25) is 6.29 Å². The van der Waals surface area contributed by atoms with Gasteiger partial charge < -0.3 is 9.47 Å². The second-order valence-electron chi connectivity index (χ2n) is 9.74. The summed E-state index contributed by atoms with van der Waals surface area (Å²) in [5, 5.41) is 0. The molecule has 3 nitrogen and oxygen atoms in total. The molecule has 152 valence electrons. The molecule has 0 saturated heterocycles. The summed E-state index contributed by atoms with van der Waals surface area (Å²) in [7, 11) is 0. The van der Waals surface area contributed by atoms with E-state index < -0.39 is 5.41 Å². The fourth-order valence-corrected chi connectivity index (χ4v) is 4.68. The number of rotatable bonds is 8. The SMILES string of the molecule is CC(C)CC(C)(C(=O)OC(OC1CCCCC1)C1CCCCC1)C(C)C. The van der Waals surface area contributed by atoms with E-state index in [-0.39, 0.29) is 24.3 Å². The van der Waals surface area contributed by atoms with Crippen molar-refractivity contribution in [3.05, 3.63) is 0 Å². The van der Waals surface area contributed by atoms with Gasteiger partial charge in [0, 0.05) is 5.92 Å². The first kappa shape index (κ1) is 21.7. The lowest BCUT2D eigenvalue weighted by atomic mass is 9.73. The van der Waals surface area contributed by atoms with Gasteiger partial charge in [0.05, 0.1) is 11.5 Å². The Bertz CT molecular complexity index is 419. The van der Waals surface area contributed by atoms with E-state index >= 15 is 0 Å². The summed E-state index contributed by atoms with van der Waals surface area (Å²) >= 11 is 0. The molecule has 2 unspecified atom stereocenters. The summed E-state index contributed by atoms with van der Waals surface area (Å²) in [6, 6.07) is 0. The average molecular weight is 367 g/mol. The van der Waals surface area contributed by atoms with Crippen LogP contribution in [0, 0.1) is 23.2 Å². The summed E-state index contributed by atoms with van der Waals surface area (Å²) in [6.45, 7) is 10.7. The minimum atomic E-state index is -0.434. The summed E-state index contributed by atoms with van der Waals surface area (Å²) < 4.78 is 12.6. The molecule has 0 spiro atoms. The predicted octanol–water partition coefficient (Wildman–Crippen LogP) is 6.49. The van der Waals surface area contributed by atoms with Gasteiger partial charge in [0.1, 0.15) is 0 Å². The maximum absolute atomic E-state index is 13.2. The van der Waals surface area contributed by atoms with Crippen molar-refractivity contribution in [1.82, 2.24) is 0 Å². The van der Waals surface area contributed by atoms with E-state index in [0.29, 0.717) is 11.8 Å². The average Bonchev–Trinajstić information content (AvgIpc) is 2.62. The lowest BCUT2D eigenvalue weighted by Gasteiger charge is -2.38. The highest BCUT2D eigenvalue weighted by molar-refractivity contribution is 5.76. The van der Waals surface area contributed by atoms with E-state index in [1.807, 2.05) is 0 Å². The van der Waals surface area contributed by atoms with Crippen LogP contribution in [0.1, 0.15) is 105 Å². The van der Waals surface area contributed by atoms with Crippen LogP contribution in [0.4, 0.5) is 0 Å². The number of hydrogen-bond donors (Lipinski definition) is 0. The molecular weight excluding hydrogens is 324 g/mol. The second-order valence-corrected chi connectivity index (χ2v) is 9.74. The van der Waals surface area contributed by atoms with Crippen LogP contribution in [-0.2, 0) is 14.3 Å². The van der Waals surface area contributed by atoms with Crippen molar-refractivity contribution in [2.45, 2.75) is 118 Å². The van der Waals surface area contributed by atoms with Crippen molar-refractivity contribution in [1.29, 1.82) is 0 Å². The molecule has 2 saturated carbocycles. The zero-order chi connectivity index (χ0) is 19.2. The third-order valence-electron chi connectivity index (χ3n) is 6.71. The van der Waals surface area contributed by atoms with Gasteiger partial charge in [-0.3, -0.25) is 4.79 Å². The first-order chi connectivity index (χ1) is 12.3. The highest BCUT2D eigenvalue weighted by Crippen LogP contribution is 2.38. The number of hydrogen-bond acceptors (Lipinski definition) is 3. The standard InChI is InChI=1S/C23H42O3/c1-17(2)16-23(5,18(3)4)22(24)26-21(19-12-8-6-9-13-19)25-20-14-10-7-11-15-20/h17-21H,6-16H2,1-5H3. The fraction of sp³-hybridized carbons (Fsp3) is 0.957. The van der Waals surface area contributed by atoms with Crippen LogP contribution in [0.15, 0.2) is 0 Å². The molecule has 2 aliphatic rings. The molecule has 2 aliphatic carbocycles. The maximum atomic E-state index is 13.2. The lowest BCUT2D eigenvalue weighted by molar-refractivity contribution is -0.221. The van der Waals surface area contributed by atoms with Crippen LogP contribution >= 0.6 is 0 Å². The summed E-state index contributed by atoms with van der Waals surface area (Å²) in [6.07, 6.45) is 12.9. The Hall–Kier alpha value is -0.570. The van der Waals surface area contributed by atoms with E-state index in [4.69, 9.17) is 9.47 Å². The summed E-state index contributed by atoms with van der Waals surface area (Å²) in [5.74, 6) is 1.07. The molecule has 2 rings (SSSR count). The highest BCUT2D eigenvalue weighted by atomic mass is 16.7. The predicted molar refractivity (Wildman–Crippen MR) is 107 cm³/mol. The Balaban J connectivity index is 2.08. The molecule has 0 aromatic heterocycles. The molecule has 3 heteroatoms. The van der Waals surface area contributed by atoms with Gasteiger partial charge in [0.15, 0.2) is 0 Å². The normalized spacial score (nSPS) is 23.8. The first-order valence-corrected chi connectivity index (χ1v) is 11.2. The van der Waals surface area contributed by atoms with Gasteiger partial charge in [-0.25, -0.2) is 0 Å². The first-order valence-electron chi connectivity index (χ1n) is 11.2. The van der Waals surface area contributed by atoms with Crippen LogP contribution in [-0.4, -0.2) is 18.4 Å². The number of ether oxygens (including phenoxy) is 2. The smallest absolute Gasteiger partial charge is 0.314 e. The topological polar surface area (TPSA) is 35.5 Å². The van der Waals surface area contributed by atoms with E-state index in [1.54, 1.807) is 0 Å². The third kappa shape index (κ3) is 5.97. The van der Waals surface area contributed by atoms with Crippen LogP contribution in [0.2, 0.25) is 0 Å². The minimum absolute atomic E-state index is 0.0485. The van der Waals surface area contributed by atoms with Crippen LogP contribution in [0.3, 0.4) is 0 Å². The number of carbonyl (C=O) groups excluding carboxylic acids is 1. The summed E-state index contributed by atoms with van der Waals surface area (Å²) in [5.41, 5.74) is -0.434. The molecule has 0 amide bonds. The van der Waals surface area contributed by atoms with Crippen molar-refractivity contribution in [3.63, 3.8) is 0 Å². The molecule has 0 heterocycles. The second kappa shape index (κ2) is 10.1. The van der Waals surface area contributed by atoms with Crippen molar-refractivity contribution in [2.75, 3.05) is 0 Å². The van der Waals surface area contributed by atoms with Crippen molar-refractivity contribution in [3.8, 4) is 0 Å². The lowest BCUT2D eigenvalue weighted by Crippen LogP contribution is -2.42. The zero-order valence-corrected chi connectivity index (χ0v) is 17.9. The van der Waals surface area contributed by atoms with E-state index in [0.717, 1.165) is 32.1 Å². The number of esters is 1. The Labute approximate surface area is 161 Å². The Kier molecular flexibility index (Phi) is 8.44. The Morgan fingerprint density at radius 3 is 1.96 bits per heavy atom. The Morgan fingerprint density at radius 2 is 1.46 bits per heavy atom. The van der Waals surface area contributed by atoms with Crippen molar-refractivity contribution < 1.29 is 14.3 Å². The van der Waals surface area contributed by atoms with Gasteiger partial charge >= 0.3 is 5.97 Å². The van der Waals surface area contributed by atoms with Gasteiger partial charge in [0.25, 0.3) is 0 Å². The molecule has 0 radical (unpaired) electrons. The van der Waals surface area contributed by atoms with E-state index in [2.05, 4.69) is 34.6 Å². The van der Waals surface area contributed by atoms with Crippen LogP contribution < -0.4 is 0 Å². The molecule has 0 bridgehead atoms. The monoisotopic (exact) mass is 366 g/mol. The molecule has 2 atom stereocenters. The largest absolute Gasteiger partial charge is 0.435 e. The summed E-state index contributed by atoms with van der Waals surface area (Å²) in [4.78, 5) is 13.2. The molecule has 0 aromatic rings. The highest BCUT2D eigenvalue weighted by Gasteiger charge is 2.41. The molecular formula is C23H42O3. The molecule has 26 heavy (non-hydrogen) atoms. The van der Waals surface area contributed by atoms with Crippen LogP contribution in [0.5, 0.6) is 0 Å². The fourth-order valence-electron chi connectivity index (χ4n) is 4.68. The Morgan fingerprint density at radius 1 is 0.923 bits per heavy atom. The van der Waals surface area contributed by atoms with Gasteiger partial charge in [-0.2, -0.15) is 0 Å². The minimum Gasteiger partial charge on any atom is -0.435 e. The maximum Gasteiger partial charge on any atom is 0.314 e.